The third kappa shape index (κ3) is 3.74. The zero-order valence-electron chi connectivity index (χ0n) is 12.5. The van der Waals surface area contributed by atoms with Gasteiger partial charge in [0.25, 0.3) is 0 Å². The second kappa shape index (κ2) is 7.23. The molecule has 0 saturated carbocycles. The number of carbonyl (C=O) groups is 2. The lowest BCUT2D eigenvalue weighted by Gasteiger charge is -2.03. The second-order valence-electron chi connectivity index (χ2n) is 5.29. The molecule has 0 amide bonds. The van der Waals surface area contributed by atoms with Crippen LogP contribution in [0.5, 0.6) is 0 Å². The number of allylic oxidation sites excluding steroid dienone is 1. The van der Waals surface area contributed by atoms with Crippen LogP contribution >= 0.6 is 11.3 Å². The number of fused-ring (bicyclic) bond motifs is 1. The molecular formula is C16H18N2O3S. The Bertz CT molecular complexity index is 640. The van der Waals surface area contributed by atoms with Crippen molar-refractivity contribution < 1.29 is 14.3 Å². The van der Waals surface area contributed by atoms with E-state index in [0.717, 1.165) is 25.7 Å². The highest BCUT2D eigenvalue weighted by Crippen LogP contribution is 2.29. The topological polar surface area (TPSA) is 93.2 Å². The highest BCUT2D eigenvalue weighted by atomic mass is 32.1. The summed E-state index contributed by atoms with van der Waals surface area (Å²) in [6.45, 7) is 1.01. The van der Waals surface area contributed by atoms with Gasteiger partial charge < -0.3 is 10.5 Å². The summed E-state index contributed by atoms with van der Waals surface area (Å²) in [5, 5.41) is 8.84. The van der Waals surface area contributed by atoms with Crippen molar-refractivity contribution in [1.82, 2.24) is 0 Å². The molecule has 0 unspecified atom stereocenters. The highest BCUT2D eigenvalue weighted by molar-refractivity contribution is 7.14. The number of aryl methyl sites for hydroxylation is 2. The third-order valence-electron chi connectivity index (χ3n) is 3.57. The van der Waals surface area contributed by atoms with Gasteiger partial charge in [0.05, 0.1) is 0 Å². The molecule has 22 heavy (non-hydrogen) atoms. The summed E-state index contributed by atoms with van der Waals surface area (Å²) in [5.74, 6) is -1.09. The van der Waals surface area contributed by atoms with Gasteiger partial charge in [0.15, 0.2) is 6.61 Å². The Morgan fingerprint density at radius 2 is 2.09 bits per heavy atom. The molecule has 0 saturated heterocycles. The largest absolute Gasteiger partial charge is 0.453 e. The molecular weight excluding hydrogens is 300 g/mol. The van der Waals surface area contributed by atoms with Crippen molar-refractivity contribution in [2.75, 3.05) is 6.61 Å². The number of ether oxygens (including phenoxy) is 1. The fraction of sp³-hybridized carbons (Fsp3) is 0.438. The van der Waals surface area contributed by atoms with Crippen molar-refractivity contribution in [2.45, 2.75) is 39.0 Å². The first-order valence-corrected chi connectivity index (χ1v) is 8.03. The van der Waals surface area contributed by atoms with Gasteiger partial charge in [-0.25, -0.2) is 4.79 Å². The Morgan fingerprint density at radius 3 is 2.77 bits per heavy atom. The first kappa shape index (κ1) is 16.2. The van der Waals surface area contributed by atoms with E-state index >= 15 is 0 Å². The average Bonchev–Trinajstić information content (AvgIpc) is 2.76. The molecule has 1 aromatic rings. The normalized spacial score (nSPS) is 15.1. The third-order valence-corrected chi connectivity index (χ3v) is 4.78. The van der Waals surface area contributed by atoms with Crippen LogP contribution in [0.15, 0.2) is 17.3 Å². The number of esters is 1. The summed E-state index contributed by atoms with van der Waals surface area (Å²) in [7, 11) is 0. The lowest BCUT2D eigenvalue weighted by molar-refractivity contribution is -0.118. The van der Waals surface area contributed by atoms with Crippen molar-refractivity contribution in [3.05, 3.63) is 32.7 Å². The van der Waals surface area contributed by atoms with Crippen LogP contribution in [-0.2, 0) is 22.4 Å². The molecule has 0 atom stereocenters. The average molecular weight is 318 g/mol. The molecule has 6 heteroatoms. The summed E-state index contributed by atoms with van der Waals surface area (Å²) in [5.41, 5.74) is 6.64. The van der Waals surface area contributed by atoms with Gasteiger partial charge in [-0.1, -0.05) is 6.42 Å². The Hall–Kier alpha value is -2.13. The molecule has 2 rings (SSSR count). The molecule has 1 heterocycles. The molecule has 2 N–H and O–H groups in total. The lowest BCUT2D eigenvalue weighted by Crippen LogP contribution is -2.17. The number of hydrogen-bond acceptors (Lipinski definition) is 6. The zero-order valence-corrected chi connectivity index (χ0v) is 13.3. The van der Waals surface area contributed by atoms with E-state index in [2.05, 4.69) is 0 Å². The smallest absolute Gasteiger partial charge is 0.348 e. The van der Waals surface area contributed by atoms with E-state index in [4.69, 9.17) is 15.7 Å². The van der Waals surface area contributed by atoms with Crippen molar-refractivity contribution in [3.63, 3.8) is 0 Å². The van der Waals surface area contributed by atoms with Gasteiger partial charge in [-0.3, -0.25) is 4.79 Å². The van der Waals surface area contributed by atoms with Gasteiger partial charge in [0, 0.05) is 10.6 Å². The number of nitrogens with zero attached hydrogens (tertiary/aromatic N) is 1. The van der Waals surface area contributed by atoms with E-state index in [1.54, 1.807) is 6.07 Å². The Kier molecular flexibility index (Phi) is 5.34. The van der Waals surface area contributed by atoms with Crippen LogP contribution in [0.3, 0.4) is 0 Å². The molecule has 1 aliphatic carbocycles. The van der Waals surface area contributed by atoms with E-state index in [1.807, 2.05) is 6.07 Å². The van der Waals surface area contributed by atoms with Gasteiger partial charge in [-0.2, -0.15) is 5.26 Å². The molecule has 0 spiro atoms. The van der Waals surface area contributed by atoms with E-state index in [0.29, 0.717) is 4.88 Å². The van der Waals surface area contributed by atoms with Crippen molar-refractivity contribution in [3.8, 4) is 6.07 Å². The number of hydrogen-bond donors (Lipinski definition) is 1. The van der Waals surface area contributed by atoms with Crippen LogP contribution in [0.25, 0.3) is 0 Å². The maximum absolute atomic E-state index is 12.0. The van der Waals surface area contributed by atoms with E-state index in [9.17, 15) is 9.59 Å². The number of carbonyl (C=O) groups excluding carboxylic acids is 2. The van der Waals surface area contributed by atoms with Crippen LogP contribution in [0.4, 0.5) is 0 Å². The molecule has 0 aliphatic heterocycles. The minimum Gasteiger partial charge on any atom is -0.453 e. The molecule has 1 aromatic heterocycles. The standard InChI is InChI=1S/C16H18N2O3S/c1-10(18)12(8-17)13(19)9-21-16(20)15-7-11-5-3-2-4-6-14(11)22-15/h7H,2-6,9,18H2,1H3/b12-10+. The minimum absolute atomic E-state index is 0.131. The summed E-state index contributed by atoms with van der Waals surface area (Å²) in [4.78, 5) is 25.6. The van der Waals surface area contributed by atoms with Crippen LogP contribution in [0.2, 0.25) is 0 Å². The zero-order chi connectivity index (χ0) is 16.1. The number of nitriles is 1. The van der Waals surface area contributed by atoms with E-state index in [-0.39, 0.29) is 11.3 Å². The van der Waals surface area contributed by atoms with Crippen LogP contribution < -0.4 is 5.73 Å². The maximum atomic E-state index is 12.0. The van der Waals surface area contributed by atoms with Crippen molar-refractivity contribution in [1.29, 1.82) is 5.26 Å². The molecule has 0 bridgehead atoms. The number of rotatable bonds is 4. The fourth-order valence-corrected chi connectivity index (χ4v) is 3.56. The fourth-order valence-electron chi connectivity index (χ4n) is 2.41. The molecule has 0 aromatic carbocycles. The molecule has 5 nitrogen and oxygen atoms in total. The van der Waals surface area contributed by atoms with Crippen LogP contribution in [-0.4, -0.2) is 18.4 Å². The van der Waals surface area contributed by atoms with Crippen LogP contribution in [0, 0.1) is 11.3 Å². The Labute approximate surface area is 133 Å². The van der Waals surface area contributed by atoms with Crippen molar-refractivity contribution >= 4 is 23.1 Å². The maximum Gasteiger partial charge on any atom is 0.348 e. The predicted molar refractivity (Wildman–Crippen MR) is 83.4 cm³/mol. The van der Waals surface area contributed by atoms with Gasteiger partial charge >= 0.3 is 5.97 Å². The molecule has 116 valence electrons. The lowest BCUT2D eigenvalue weighted by atomic mass is 10.1. The first-order valence-electron chi connectivity index (χ1n) is 7.21. The summed E-state index contributed by atoms with van der Waals surface area (Å²) in [6.07, 6.45) is 5.50. The van der Waals surface area contributed by atoms with Gasteiger partial charge in [-0.15, -0.1) is 11.3 Å². The summed E-state index contributed by atoms with van der Waals surface area (Å²) < 4.78 is 5.01. The Balaban J connectivity index is 2.00. The first-order chi connectivity index (χ1) is 10.5. The number of ketones is 1. The van der Waals surface area contributed by atoms with E-state index < -0.39 is 18.4 Å². The van der Waals surface area contributed by atoms with Gasteiger partial charge in [0.2, 0.25) is 5.78 Å². The summed E-state index contributed by atoms with van der Waals surface area (Å²) >= 11 is 1.44. The molecule has 0 fully saturated rings. The Morgan fingerprint density at radius 1 is 1.36 bits per heavy atom. The second-order valence-corrected chi connectivity index (χ2v) is 6.43. The number of nitrogens with two attached hydrogens (primary N) is 1. The van der Waals surface area contributed by atoms with Gasteiger partial charge in [-0.05, 0) is 44.2 Å². The van der Waals surface area contributed by atoms with E-state index in [1.165, 1.54) is 35.1 Å². The summed E-state index contributed by atoms with van der Waals surface area (Å²) in [6, 6.07) is 3.60. The molecule has 0 radical (unpaired) electrons. The predicted octanol–water partition coefficient (Wildman–Crippen LogP) is 2.50. The highest BCUT2D eigenvalue weighted by Gasteiger charge is 2.19. The van der Waals surface area contributed by atoms with Crippen LogP contribution in [0.1, 0.15) is 46.3 Å². The monoisotopic (exact) mass is 318 g/mol. The van der Waals surface area contributed by atoms with Crippen molar-refractivity contribution in [2.24, 2.45) is 5.73 Å². The van der Waals surface area contributed by atoms with Gasteiger partial charge in [0.1, 0.15) is 16.5 Å². The number of Topliss-reactive ketones (excluding diaryl/α,β-unsaturated/α-hetero) is 1. The minimum atomic E-state index is -0.575. The number of thiophene rings is 1. The molecule has 1 aliphatic rings. The quantitative estimate of drug-likeness (QED) is 0.398. The SMILES string of the molecule is C/C(N)=C(/C#N)C(=O)COC(=O)c1cc2c(s1)CCCCC2.